The van der Waals surface area contributed by atoms with Crippen LogP contribution in [-0.2, 0) is 6.61 Å². The van der Waals surface area contributed by atoms with Crippen molar-refractivity contribution in [2.24, 2.45) is 0 Å². The van der Waals surface area contributed by atoms with Crippen molar-refractivity contribution >= 4 is 34.1 Å². The normalized spacial score (nSPS) is 10.9. The van der Waals surface area contributed by atoms with Gasteiger partial charge in [0.1, 0.15) is 18.1 Å². The highest BCUT2D eigenvalue weighted by Gasteiger charge is 2.18. The second-order valence-corrected chi connectivity index (χ2v) is 8.01. The van der Waals surface area contributed by atoms with E-state index >= 15 is 0 Å². The van der Waals surface area contributed by atoms with E-state index in [9.17, 15) is 0 Å². The van der Waals surface area contributed by atoms with Crippen molar-refractivity contribution in [2.45, 2.75) is 6.61 Å². The molecule has 7 nitrogen and oxygen atoms in total. The summed E-state index contributed by atoms with van der Waals surface area (Å²) in [5, 5.41) is 4.43. The minimum absolute atomic E-state index is 0.205. The van der Waals surface area contributed by atoms with Crippen molar-refractivity contribution in [1.29, 1.82) is 0 Å². The number of halogens is 1. The van der Waals surface area contributed by atoms with Gasteiger partial charge in [0.05, 0.1) is 16.2 Å². The molecule has 2 aromatic carbocycles. The number of nitrogen functional groups attached to an aromatic ring is 1. The predicted octanol–water partition coefficient (Wildman–Crippen LogP) is 5.61. The average Bonchev–Trinajstić information content (AvgIpc) is 2.88. The summed E-state index contributed by atoms with van der Waals surface area (Å²) in [6.07, 6.45) is 3.46. The number of hydrogen-bond donors (Lipinski definition) is 2. The van der Waals surface area contributed by atoms with Gasteiger partial charge in [-0.1, -0.05) is 54.1 Å². The minimum Gasteiger partial charge on any atom is -0.470 e. The number of aromatic nitrogens is 4. The predicted molar refractivity (Wildman–Crippen MR) is 136 cm³/mol. The lowest BCUT2D eigenvalue weighted by Gasteiger charge is -2.14. The molecule has 0 radical (unpaired) electrons. The summed E-state index contributed by atoms with van der Waals surface area (Å²) in [7, 11) is 1.82. The van der Waals surface area contributed by atoms with Crippen molar-refractivity contribution in [3.8, 4) is 28.4 Å². The molecule has 3 aromatic heterocycles. The zero-order chi connectivity index (χ0) is 23.5. The van der Waals surface area contributed by atoms with Crippen LogP contribution >= 0.6 is 11.6 Å². The van der Waals surface area contributed by atoms with Crippen LogP contribution in [0.15, 0.2) is 79.1 Å². The fourth-order valence-electron chi connectivity index (χ4n) is 3.63. The van der Waals surface area contributed by atoms with Crippen LogP contribution in [0, 0.1) is 0 Å². The number of benzene rings is 2. The number of fused-ring (bicyclic) bond motifs is 1. The van der Waals surface area contributed by atoms with Crippen molar-refractivity contribution in [1.82, 2.24) is 19.9 Å². The fraction of sp³-hybridized carbons (Fsp3) is 0.0769. The largest absolute Gasteiger partial charge is 0.470 e. The molecule has 0 fully saturated rings. The number of rotatable bonds is 6. The van der Waals surface area contributed by atoms with Gasteiger partial charge in [-0.05, 0) is 24.3 Å². The SMILES string of the molecule is CNc1ccc(COc2nc(-c3cc(Cl)c4ncccc4c3)c(-c3ccccc3)nc2N)cn1. The summed E-state index contributed by atoms with van der Waals surface area (Å²) in [6.45, 7) is 0.252. The van der Waals surface area contributed by atoms with E-state index in [4.69, 9.17) is 27.1 Å². The molecule has 0 atom stereocenters. The zero-order valence-corrected chi connectivity index (χ0v) is 19.1. The van der Waals surface area contributed by atoms with Gasteiger partial charge in [0.25, 0.3) is 5.88 Å². The maximum atomic E-state index is 6.57. The van der Waals surface area contributed by atoms with Crippen LogP contribution in [-0.4, -0.2) is 27.0 Å². The highest BCUT2D eigenvalue weighted by atomic mass is 35.5. The molecule has 0 saturated heterocycles. The number of pyridine rings is 2. The van der Waals surface area contributed by atoms with Crippen molar-refractivity contribution in [2.75, 3.05) is 18.1 Å². The monoisotopic (exact) mass is 468 g/mol. The Bertz CT molecular complexity index is 1460. The van der Waals surface area contributed by atoms with E-state index in [-0.39, 0.29) is 18.3 Å². The minimum atomic E-state index is 0.205. The molecule has 168 valence electrons. The molecule has 0 aliphatic carbocycles. The Morgan fingerprint density at radius 3 is 2.50 bits per heavy atom. The number of anilines is 2. The molecule has 0 aliphatic rings. The van der Waals surface area contributed by atoms with Gasteiger partial charge in [-0.2, -0.15) is 0 Å². The van der Waals surface area contributed by atoms with Gasteiger partial charge in [-0.25, -0.2) is 15.0 Å². The third-order valence-corrected chi connectivity index (χ3v) is 5.61. The lowest BCUT2D eigenvalue weighted by atomic mass is 10.0. The number of ether oxygens (including phenoxy) is 1. The van der Waals surface area contributed by atoms with Gasteiger partial charge < -0.3 is 15.8 Å². The summed E-state index contributed by atoms with van der Waals surface area (Å²) in [6, 6.07) is 21.2. The summed E-state index contributed by atoms with van der Waals surface area (Å²) in [5.41, 5.74) is 10.8. The number of nitrogens with two attached hydrogens (primary N) is 1. The fourth-order valence-corrected chi connectivity index (χ4v) is 3.91. The Morgan fingerprint density at radius 2 is 1.74 bits per heavy atom. The van der Waals surface area contributed by atoms with Crippen LogP contribution in [0.25, 0.3) is 33.4 Å². The molecule has 8 heteroatoms. The first-order valence-corrected chi connectivity index (χ1v) is 11.0. The van der Waals surface area contributed by atoms with E-state index in [0.717, 1.165) is 33.4 Å². The molecule has 0 unspecified atom stereocenters. The molecular formula is C26H21ClN6O. The lowest BCUT2D eigenvalue weighted by Crippen LogP contribution is -2.06. The van der Waals surface area contributed by atoms with Crippen LogP contribution in [0.5, 0.6) is 5.88 Å². The first-order valence-electron chi connectivity index (χ1n) is 10.7. The van der Waals surface area contributed by atoms with Crippen LogP contribution in [0.1, 0.15) is 5.56 Å². The van der Waals surface area contributed by atoms with Gasteiger partial charge in [0, 0.05) is 41.5 Å². The zero-order valence-electron chi connectivity index (χ0n) is 18.4. The van der Waals surface area contributed by atoms with E-state index in [2.05, 4.69) is 20.3 Å². The van der Waals surface area contributed by atoms with Crippen molar-refractivity contribution in [3.63, 3.8) is 0 Å². The quantitative estimate of drug-likeness (QED) is 0.334. The molecular weight excluding hydrogens is 448 g/mol. The molecule has 0 spiro atoms. The second kappa shape index (κ2) is 9.33. The van der Waals surface area contributed by atoms with E-state index in [1.165, 1.54) is 0 Å². The molecule has 5 rings (SSSR count). The molecule has 0 saturated carbocycles. The van der Waals surface area contributed by atoms with Crippen LogP contribution in [0.2, 0.25) is 5.02 Å². The average molecular weight is 469 g/mol. The first kappa shape index (κ1) is 21.6. The Hall–Kier alpha value is -4.23. The molecule has 3 heterocycles. The van der Waals surface area contributed by atoms with Crippen LogP contribution < -0.4 is 15.8 Å². The standard InChI is InChI=1S/C26H21ClN6O/c1-29-21-10-9-16(14-31-21)15-34-26-25(28)32-23(17-6-3-2-4-7-17)24(33-26)19-12-18-8-5-11-30-22(18)20(27)13-19/h2-14H,15H2,1H3,(H2,28,32)(H,29,31). The lowest BCUT2D eigenvalue weighted by molar-refractivity contribution is 0.294. The second-order valence-electron chi connectivity index (χ2n) is 7.60. The van der Waals surface area contributed by atoms with E-state index in [0.29, 0.717) is 16.4 Å². The third-order valence-electron chi connectivity index (χ3n) is 5.32. The van der Waals surface area contributed by atoms with Crippen LogP contribution in [0.4, 0.5) is 11.6 Å². The van der Waals surface area contributed by atoms with E-state index in [1.54, 1.807) is 12.4 Å². The van der Waals surface area contributed by atoms with Gasteiger partial charge >= 0.3 is 0 Å². The van der Waals surface area contributed by atoms with Gasteiger partial charge in [0.15, 0.2) is 5.82 Å². The number of nitrogens with one attached hydrogen (secondary N) is 1. The smallest absolute Gasteiger partial charge is 0.258 e. The third kappa shape index (κ3) is 4.33. The molecule has 0 bridgehead atoms. The highest BCUT2D eigenvalue weighted by molar-refractivity contribution is 6.35. The summed E-state index contributed by atoms with van der Waals surface area (Å²) < 4.78 is 5.96. The maximum absolute atomic E-state index is 6.57. The van der Waals surface area contributed by atoms with E-state index < -0.39 is 0 Å². The maximum Gasteiger partial charge on any atom is 0.258 e. The molecule has 0 amide bonds. The molecule has 0 aliphatic heterocycles. The Kier molecular flexibility index (Phi) is 5.93. The topological polar surface area (TPSA) is 98.8 Å². The summed E-state index contributed by atoms with van der Waals surface area (Å²) in [5.74, 6) is 1.23. The molecule has 5 aromatic rings. The van der Waals surface area contributed by atoms with Gasteiger partial charge in [-0.15, -0.1) is 0 Å². The Labute approximate surface area is 201 Å². The summed E-state index contributed by atoms with van der Waals surface area (Å²) >= 11 is 6.57. The van der Waals surface area contributed by atoms with Crippen molar-refractivity contribution < 1.29 is 4.74 Å². The Morgan fingerprint density at radius 1 is 0.912 bits per heavy atom. The summed E-state index contributed by atoms with van der Waals surface area (Å²) in [4.78, 5) is 18.2. The molecule has 3 N–H and O–H groups in total. The Balaban J connectivity index is 1.59. The highest BCUT2D eigenvalue weighted by Crippen LogP contribution is 2.36. The van der Waals surface area contributed by atoms with E-state index in [1.807, 2.05) is 73.8 Å². The van der Waals surface area contributed by atoms with Gasteiger partial charge in [-0.3, -0.25) is 4.98 Å². The van der Waals surface area contributed by atoms with Crippen molar-refractivity contribution in [3.05, 3.63) is 89.7 Å². The number of nitrogens with zero attached hydrogens (tertiary/aromatic N) is 4. The van der Waals surface area contributed by atoms with Gasteiger partial charge in [0.2, 0.25) is 0 Å². The number of hydrogen-bond acceptors (Lipinski definition) is 7. The first-order chi connectivity index (χ1) is 16.6. The molecule has 34 heavy (non-hydrogen) atoms. The van der Waals surface area contributed by atoms with Crippen LogP contribution in [0.3, 0.4) is 0 Å².